The van der Waals surface area contributed by atoms with Crippen molar-refractivity contribution in [1.29, 1.82) is 0 Å². The maximum atomic E-state index is 10.3. The molecular weight excluding hydrogens is 255 g/mol. The normalized spacial score (nSPS) is 30.5. The molecule has 8 nitrogen and oxygen atoms in total. The van der Waals surface area contributed by atoms with E-state index in [0.29, 0.717) is 0 Å². The maximum absolute atomic E-state index is 10.3. The first-order valence-corrected chi connectivity index (χ1v) is 5.27. The third-order valence-corrected chi connectivity index (χ3v) is 2.33. The van der Waals surface area contributed by atoms with Crippen molar-refractivity contribution < 1.29 is 66.5 Å². The van der Waals surface area contributed by atoms with E-state index in [1.54, 1.807) is 0 Å². The molecule has 0 aliphatic carbocycles. The molecule has 88 valence electrons. The second kappa shape index (κ2) is 6.26. The summed E-state index contributed by atoms with van der Waals surface area (Å²) < 4.78 is 39.1. The molecule has 1 aliphatic heterocycles. The van der Waals surface area contributed by atoms with E-state index in [4.69, 9.17) is 0 Å². The maximum Gasteiger partial charge on any atom is 1.00 e. The predicted molar refractivity (Wildman–Crippen MR) is 39.9 cm³/mol. The molecule has 1 heterocycles. The predicted octanol–water partition coefficient (Wildman–Crippen LogP) is -6.26. The summed E-state index contributed by atoms with van der Waals surface area (Å²) in [5, 5.41) is 19.6. The fourth-order valence-corrected chi connectivity index (χ4v) is 1.66. The van der Waals surface area contributed by atoms with Crippen LogP contribution in [0.2, 0.25) is 0 Å². The van der Waals surface area contributed by atoms with Crippen molar-refractivity contribution in [3.63, 3.8) is 0 Å². The van der Waals surface area contributed by atoms with Gasteiger partial charge in [-0.3, -0.25) is 4.18 Å². The van der Waals surface area contributed by atoms with Crippen molar-refractivity contribution in [3.8, 4) is 0 Å². The van der Waals surface area contributed by atoms with Crippen LogP contribution in [0.25, 0.3) is 0 Å². The van der Waals surface area contributed by atoms with Gasteiger partial charge in [0.25, 0.3) is 0 Å². The van der Waals surface area contributed by atoms with Gasteiger partial charge in [-0.15, -0.1) is 0 Å². The molecule has 0 spiro atoms. The van der Waals surface area contributed by atoms with Gasteiger partial charge in [-0.1, -0.05) is 0 Å². The number of aliphatic hydroxyl groups excluding tert-OH is 1. The Hall–Kier alpha value is 0.260. The van der Waals surface area contributed by atoms with Crippen LogP contribution in [0.15, 0.2) is 0 Å². The average molecular weight is 263 g/mol. The quantitative estimate of drug-likeness (QED) is 0.301. The third-order valence-electron chi connectivity index (χ3n) is 1.85. The minimum absolute atomic E-state index is 0. The topological polar surface area (TPSA) is 136 Å². The van der Waals surface area contributed by atoms with E-state index in [0.717, 1.165) is 0 Å². The first-order valence-electron chi connectivity index (χ1n) is 3.94. The first kappa shape index (κ1) is 16.3. The number of aliphatic carboxylic acids is 1. The van der Waals surface area contributed by atoms with Gasteiger partial charge in [0.05, 0.1) is 24.8 Å². The molecule has 1 aliphatic rings. The molecule has 1 N–H and O–H groups in total. The average Bonchev–Trinajstić information content (AvgIpc) is 2.05. The van der Waals surface area contributed by atoms with Gasteiger partial charge in [0, 0.05) is 6.42 Å². The molecule has 0 radical (unpaired) electrons. The molecule has 1 rings (SSSR count). The van der Waals surface area contributed by atoms with Crippen molar-refractivity contribution in [2.24, 2.45) is 0 Å². The summed E-state index contributed by atoms with van der Waals surface area (Å²) >= 11 is 0. The minimum Gasteiger partial charge on any atom is -0.726 e. The monoisotopic (exact) mass is 263 g/mol. The molecule has 10 heteroatoms. The van der Waals surface area contributed by atoms with Crippen LogP contribution in [0.1, 0.15) is 6.42 Å². The number of rotatable bonds is 3. The van der Waals surface area contributed by atoms with Gasteiger partial charge in [0.2, 0.25) is 10.4 Å². The third kappa shape index (κ3) is 5.06. The molecular formula is C6H8NaO8S-. The number of carbonyl (C=O) groups is 1. The molecule has 3 atom stereocenters. The Morgan fingerprint density at radius 2 is 2.06 bits per heavy atom. The first-order chi connectivity index (χ1) is 6.79. The zero-order chi connectivity index (χ0) is 11.6. The minimum atomic E-state index is -4.95. The number of aliphatic hydroxyl groups is 1. The summed E-state index contributed by atoms with van der Waals surface area (Å²) in [5.74, 6) is -1.52. The van der Waals surface area contributed by atoms with E-state index in [9.17, 15) is 28.0 Å². The number of carboxylic acids is 1. The molecule has 0 aromatic carbocycles. The van der Waals surface area contributed by atoms with Gasteiger partial charge in [0.1, 0.15) is 6.10 Å². The van der Waals surface area contributed by atoms with E-state index in [1.807, 2.05) is 0 Å². The Morgan fingerprint density at radius 3 is 2.44 bits per heavy atom. The summed E-state index contributed by atoms with van der Waals surface area (Å²) in [4.78, 5) is 10.3. The molecule has 0 amide bonds. The summed E-state index contributed by atoms with van der Waals surface area (Å²) in [6.45, 7) is -0.499. The Bertz CT molecular complexity index is 340. The number of carboxylic acid groups (broad SMARTS) is 1. The summed E-state index contributed by atoms with van der Waals surface area (Å²) in [6.07, 6.45) is -4.48. The van der Waals surface area contributed by atoms with E-state index < -0.39 is 41.3 Å². The van der Waals surface area contributed by atoms with Gasteiger partial charge >= 0.3 is 29.6 Å². The van der Waals surface area contributed by atoms with Crippen LogP contribution in [0.3, 0.4) is 0 Å². The molecule has 0 aromatic heterocycles. The summed E-state index contributed by atoms with van der Waals surface area (Å²) in [7, 11) is -4.95. The zero-order valence-electron chi connectivity index (χ0n) is 8.36. The number of carbonyl (C=O) groups excluding carboxylic acids is 1. The van der Waals surface area contributed by atoms with Crippen LogP contribution in [0.5, 0.6) is 0 Å². The molecule has 1 saturated heterocycles. The second-order valence-corrected chi connectivity index (χ2v) is 4.00. The molecule has 0 saturated carbocycles. The molecule has 1 fully saturated rings. The van der Waals surface area contributed by atoms with Gasteiger partial charge in [-0.2, -0.15) is 0 Å². The van der Waals surface area contributed by atoms with Gasteiger partial charge < -0.3 is 24.3 Å². The van der Waals surface area contributed by atoms with Crippen molar-refractivity contribution in [2.45, 2.75) is 24.7 Å². The van der Waals surface area contributed by atoms with Crippen LogP contribution in [-0.2, 0) is 24.1 Å². The van der Waals surface area contributed by atoms with Gasteiger partial charge in [0.15, 0.2) is 0 Å². The summed E-state index contributed by atoms with van der Waals surface area (Å²) in [5.41, 5.74) is 0. The Kier molecular flexibility index (Phi) is 6.36. The van der Waals surface area contributed by atoms with Crippen molar-refractivity contribution in [1.82, 2.24) is 0 Å². The van der Waals surface area contributed by atoms with Crippen LogP contribution < -0.4 is 34.7 Å². The Morgan fingerprint density at radius 1 is 1.50 bits per heavy atom. The number of hydrogen-bond acceptors (Lipinski definition) is 8. The van der Waals surface area contributed by atoms with E-state index in [2.05, 4.69) is 8.92 Å². The molecule has 0 bridgehead atoms. The van der Waals surface area contributed by atoms with Gasteiger partial charge in [-0.25, -0.2) is 8.42 Å². The SMILES string of the molecule is O=C([O-])C1C[C@H](O)C(OS(=O)(=O)[O-])CO1.[Na+]. The van der Waals surface area contributed by atoms with Crippen LogP contribution in [-0.4, -0.2) is 49.0 Å². The fourth-order valence-electron chi connectivity index (χ4n) is 1.17. The van der Waals surface area contributed by atoms with Crippen molar-refractivity contribution in [2.75, 3.05) is 6.61 Å². The fraction of sp³-hybridized carbons (Fsp3) is 0.833. The van der Waals surface area contributed by atoms with Crippen LogP contribution >= 0.6 is 0 Å². The summed E-state index contributed by atoms with van der Waals surface area (Å²) in [6, 6.07) is 0. The van der Waals surface area contributed by atoms with Crippen molar-refractivity contribution >= 4 is 16.4 Å². The van der Waals surface area contributed by atoms with Crippen molar-refractivity contribution in [3.05, 3.63) is 0 Å². The zero-order valence-corrected chi connectivity index (χ0v) is 11.2. The Labute approximate surface area is 114 Å². The number of ether oxygens (including phenoxy) is 1. The Balaban J connectivity index is 0.00000225. The van der Waals surface area contributed by atoms with E-state index >= 15 is 0 Å². The van der Waals surface area contributed by atoms with E-state index in [1.165, 1.54) is 0 Å². The molecule has 0 aromatic rings. The van der Waals surface area contributed by atoms with Gasteiger partial charge in [-0.05, 0) is 0 Å². The largest absolute Gasteiger partial charge is 1.00 e. The molecule has 2 unspecified atom stereocenters. The number of hydrogen-bond donors (Lipinski definition) is 1. The van der Waals surface area contributed by atoms with E-state index in [-0.39, 0.29) is 36.0 Å². The smallest absolute Gasteiger partial charge is 0.726 e. The van der Waals surface area contributed by atoms with Crippen LogP contribution in [0.4, 0.5) is 0 Å². The molecule has 16 heavy (non-hydrogen) atoms. The second-order valence-electron chi connectivity index (χ2n) is 2.99. The van der Waals surface area contributed by atoms with Crippen LogP contribution in [0, 0.1) is 0 Å². The standard InChI is InChI=1S/C6H10O8S.Na/c7-3-1-4(6(8)9)13-2-5(3)14-15(10,11)12;/h3-5,7H,1-2H2,(H,8,9)(H,10,11,12);/q;+1/p-2/t3-,4?,5?;/m0./s1.